The highest BCUT2D eigenvalue weighted by Crippen LogP contribution is 2.26. The fraction of sp³-hybridized carbons (Fsp3) is 0.118. The number of hydrogen-bond donors (Lipinski definition) is 0. The summed E-state index contributed by atoms with van der Waals surface area (Å²) in [6, 6.07) is 9.81. The summed E-state index contributed by atoms with van der Waals surface area (Å²) in [5.41, 5.74) is 2.00. The number of thiophene rings is 1. The Kier molecular flexibility index (Phi) is 4.53. The Hall–Kier alpha value is -2.58. The molecule has 0 fully saturated rings. The van der Waals surface area contributed by atoms with Gasteiger partial charge in [0.25, 0.3) is 0 Å². The molecule has 1 aromatic carbocycles. The largest absolute Gasteiger partial charge is 0.497 e. The van der Waals surface area contributed by atoms with E-state index in [2.05, 4.69) is 15.1 Å². The highest BCUT2D eigenvalue weighted by atomic mass is 32.2. The average molecular weight is 370 g/mol. The van der Waals surface area contributed by atoms with Gasteiger partial charge < -0.3 is 9.26 Å². The lowest BCUT2D eigenvalue weighted by atomic mass is 10.3. The quantitative estimate of drug-likeness (QED) is 0.472. The standard InChI is InChI=1S/C17H14N4O2S2/c1-22-14-4-2-13(3-5-14)21-8-7-18-17(21)25-11-15-19-16(20-23-15)12-6-9-24-10-12/h2-10H,11H2,1H3. The first-order chi connectivity index (χ1) is 12.3. The lowest BCUT2D eigenvalue weighted by molar-refractivity contribution is 0.391. The van der Waals surface area contributed by atoms with Crippen molar-refractivity contribution in [1.29, 1.82) is 0 Å². The second kappa shape index (κ2) is 7.12. The Morgan fingerprint density at radius 2 is 2.12 bits per heavy atom. The van der Waals surface area contributed by atoms with Crippen molar-refractivity contribution < 1.29 is 9.26 Å². The van der Waals surface area contributed by atoms with Crippen molar-refractivity contribution in [3.05, 3.63) is 59.4 Å². The predicted molar refractivity (Wildman–Crippen MR) is 97.3 cm³/mol. The van der Waals surface area contributed by atoms with Gasteiger partial charge in [0.1, 0.15) is 5.75 Å². The van der Waals surface area contributed by atoms with Crippen molar-refractivity contribution in [2.45, 2.75) is 10.9 Å². The normalized spacial score (nSPS) is 10.9. The zero-order valence-electron chi connectivity index (χ0n) is 13.3. The Balaban J connectivity index is 1.48. The van der Waals surface area contributed by atoms with Gasteiger partial charge >= 0.3 is 0 Å². The van der Waals surface area contributed by atoms with Gasteiger partial charge in [0, 0.05) is 29.0 Å². The van der Waals surface area contributed by atoms with Crippen LogP contribution in [0.4, 0.5) is 0 Å². The zero-order valence-corrected chi connectivity index (χ0v) is 15.0. The highest BCUT2D eigenvalue weighted by Gasteiger charge is 2.12. The van der Waals surface area contributed by atoms with Crippen molar-refractivity contribution in [1.82, 2.24) is 19.7 Å². The Labute approximate surface area is 152 Å². The van der Waals surface area contributed by atoms with E-state index in [4.69, 9.17) is 9.26 Å². The summed E-state index contributed by atoms with van der Waals surface area (Å²) in [5, 5.41) is 8.88. The average Bonchev–Trinajstić information content (AvgIpc) is 3.40. The third-order valence-corrected chi connectivity index (χ3v) is 5.16. The van der Waals surface area contributed by atoms with Gasteiger partial charge in [0.15, 0.2) is 5.16 Å². The number of ether oxygens (including phenoxy) is 1. The van der Waals surface area contributed by atoms with Crippen LogP contribution in [0.15, 0.2) is 63.2 Å². The van der Waals surface area contributed by atoms with Crippen LogP contribution < -0.4 is 4.74 Å². The zero-order chi connectivity index (χ0) is 17.1. The number of imidazole rings is 1. The molecule has 0 spiro atoms. The van der Waals surface area contributed by atoms with E-state index >= 15 is 0 Å². The van der Waals surface area contributed by atoms with Crippen LogP contribution in [0.1, 0.15) is 5.89 Å². The minimum absolute atomic E-state index is 0.560. The van der Waals surface area contributed by atoms with Crippen molar-refractivity contribution in [3.63, 3.8) is 0 Å². The summed E-state index contributed by atoms with van der Waals surface area (Å²) >= 11 is 3.16. The maximum Gasteiger partial charge on any atom is 0.237 e. The van der Waals surface area contributed by atoms with Crippen LogP contribution in [0.25, 0.3) is 17.1 Å². The van der Waals surface area contributed by atoms with Gasteiger partial charge in [0.2, 0.25) is 11.7 Å². The number of benzene rings is 1. The summed E-state index contributed by atoms with van der Waals surface area (Å²) in [6.45, 7) is 0. The highest BCUT2D eigenvalue weighted by molar-refractivity contribution is 7.98. The van der Waals surface area contributed by atoms with Gasteiger partial charge in [-0.25, -0.2) is 4.98 Å². The van der Waals surface area contributed by atoms with Gasteiger partial charge in [-0.15, -0.1) is 0 Å². The van der Waals surface area contributed by atoms with Crippen molar-refractivity contribution in [2.75, 3.05) is 7.11 Å². The summed E-state index contributed by atoms with van der Waals surface area (Å²) in [4.78, 5) is 8.85. The number of methoxy groups -OCH3 is 1. The molecule has 0 bridgehead atoms. The molecule has 126 valence electrons. The SMILES string of the molecule is COc1ccc(-n2ccnc2SCc2nc(-c3ccsc3)no2)cc1. The summed E-state index contributed by atoms with van der Waals surface area (Å²) < 4.78 is 12.5. The molecule has 4 rings (SSSR count). The van der Waals surface area contributed by atoms with Crippen LogP contribution >= 0.6 is 23.1 Å². The molecule has 0 aliphatic rings. The molecule has 3 aromatic heterocycles. The molecule has 0 aliphatic heterocycles. The smallest absolute Gasteiger partial charge is 0.237 e. The minimum Gasteiger partial charge on any atom is -0.497 e. The van der Waals surface area contributed by atoms with E-state index in [0.717, 1.165) is 22.2 Å². The van der Waals surface area contributed by atoms with Crippen molar-refractivity contribution >= 4 is 23.1 Å². The predicted octanol–water partition coefficient (Wildman–Crippen LogP) is 4.28. The van der Waals surface area contributed by atoms with Gasteiger partial charge in [-0.05, 0) is 35.7 Å². The maximum absolute atomic E-state index is 5.33. The molecule has 0 amide bonds. The number of nitrogens with zero attached hydrogens (tertiary/aromatic N) is 4. The van der Waals surface area contributed by atoms with Crippen LogP contribution in [0.2, 0.25) is 0 Å². The fourth-order valence-electron chi connectivity index (χ4n) is 2.28. The molecule has 0 saturated heterocycles. The Morgan fingerprint density at radius 3 is 2.88 bits per heavy atom. The van der Waals surface area contributed by atoms with Crippen LogP contribution in [0, 0.1) is 0 Å². The lowest BCUT2D eigenvalue weighted by Crippen LogP contribution is -1.95. The monoisotopic (exact) mass is 370 g/mol. The first-order valence-electron chi connectivity index (χ1n) is 7.49. The first kappa shape index (κ1) is 15.9. The molecule has 3 heterocycles. The van der Waals surface area contributed by atoms with Crippen LogP contribution in [-0.4, -0.2) is 26.8 Å². The molecule has 4 aromatic rings. The molecule has 0 atom stereocenters. The summed E-state index contributed by atoms with van der Waals surface area (Å²) in [6.07, 6.45) is 3.70. The Morgan fingerprint density at radius 1 is 1.24 bits per heavy atom. The third-order valence-electron chi connectivity index (χ3n) is 3.53. The van der Waals surface area contributed by atoms with E-state index in [1.54, 1.807) is 36.4 Å². The van der Waals surface area contributed by atoms with E-state index in [0.29, 0.717) is 17.5 Å². The van der Waals surface area contributed by atoms with Crippen molar-refractivity contribution in [3.8, 4) is 22.8 Å². The second-order valence-electron chi connectivity index (χ2n) is 5.09. The molecule has 0 saturated carbocycles. The fourth-order valence-corrected chi connectivity index (χ4v) is 3.73. The van der Waals surface area contributed by atoms with E-state index in [9.17, 15) is 0 Å². The molecular formula is C17H14N4O2S2. The van der Waals surface area contributed by atoms with Crippen LogP contribution in [-0.2, 0) is 5.75 Å². The van der Waals surface area contributed by atoms with Gasteiger partial charge in [-0.3, -0.25) is 4.57 Å². The Bertz CT molecular complexity index is 945. The molecule has 0 unspecified atom stereocenters. The number of aromatic nitrogens is 4. The first-order valence-corrected chi connectivity index (χ1v) is 9.42. The number of hydrogen-bond acceptors (Lipinski definition) is 7. The van der Waals surface area contributed by atoms with E-state index in [1.165, 1.54) is 0 Å². The maximum atomic E-state index is 5.33. The van der Waals surface area contributed by atoms with Crippen LogP contribution in [0.3, 0.4) is 0 Å². The molecule has 0 N–H and O–H groups in total. The van der Waals surface area contributed by atoms with Gasteiger partial charge in [-0.1, -0.05) is 16.9 Å². The second-order valence-corrected chi connectivity index (χ2v) is 6.81. The van der Waals surface area contributed by atoms with E-state index < -0.39 is 0 Å². The van der Waals surface area contributed by atoms with Crippen molar-refractivity contribution in [2.24, 2.45) is 0 Å². The summed E-state index contributed by atoms with van der Waals surface area (Å²) in [7, 11) is 1.66. The van der Waals surface area contributed by atoms with Crippen LogP contribution in [0.5, 0.6) is 5.75 Å². The summed E-state index contributed by atoms with van der Waals surface area (Å²) in [5.74, 6) is 2.58. The molecule has 8 heteroatoms. The number of thioether (sulfide) groups is 1. The van der Waals surface area contributed by atoms with Gasteiger partial charge in [0.05, 0.1) is 12.9 Å². The number of rotatable bonds is 6. The molecule has 25 heavy (non-hydrogen) atoms. The van der Waals surface area contributed by atoms with E-state index in [1.807, 2.05) is 51.9 Å². The topological polar surface area (TPSA) is 66.0 Å². The lowest BCUT2D eigenvalue weighted by Gasteiger charge is -2.07. The molecule has 0 radical (unpaired) electrons. The molecule has 6 nitrogen and oxygen atoms in total. The third kappa shape index (κ3) is 3.45. The van der Waals surface area contributed by atoms with Gasteiger partial charge in [-0.2, -0.15) is 16.3 Å². The molecule has 0 aliphatic carbocycles. The van der Waals surface area contributed by atoms with E-state index in [-0.39, 0.29) is 0 Å². The minimum atomic E-state index is 0.560. The molecular weight excluding hydrogens is 356 g/mol.